The molecule has 37 heavy (non-hydrogen) atoms. The standard InChI is InChI=1S/C26H29N9OS/c1-6-19-14-33(23-20(11-28)26(36)32(5)35-13-18(9-10-27)30-24(23)35)15(2)12-34(19)16(3)21-7-8-22-25(31-21)37-17(4)29-22/h7-8,13,15-16,19H,6,9,12,14H2,1-5H3/t15-,16?,19+/m0/s1. The number of nitrogens with zero attached hydrogens (tertiary/aromatic N) is 9. The molecule has 0 saturated carbocycles. The van der Waals surface area contributed by atoms with E-state index in [0.29, 0.717) is 23.6 Å². The summed E-state index contributed by atoms with van der Waals surface area (Å²) in [5, 5.41) is 20.2. The van der Waals surface area contributed by atoms with Gasteiger partial charge in [0.15, 0.2) is 5.65 Å². The zero-order valence-electron chi connectivity index (χ0n) is 21.6. The number of thiazole rings is 1. The Labute approximate surface area is 219 Å². The lowest BCUT2D eigenvalue weighted by molar-refractivity contribution is 0.104. The molecule has 1 saturated heterocycles. The third-order valence-electron chi connectivity index (χ3n) is 7.34. The van der Waals surface area contributed by atoms with Crippen molar-refractivity contribution in [1.29, 1.82) is 10.5 Å². The van der Waals surface area contributed by atoms with E-state index < -0.39 is 0 Å². The van der Waals surface area contributed by atoms with Crippen LogP contribution in [-0.4, -0.2) is 54.2 Å². The molecule has 0 amide bonds. The predicted molar refractivity (Wildman–Crippen MR) is 143 cm³/mol. The van der Waals surface area contributed by atoms with Gasteiger partial charge in [0.2, 0.25) is 0 Å². The predicted octanol–water partition coefficient (Wildman–Crippen LogP) is 3.33. The van der Waals surface area contributed by atoms with Crippen LogP contribution >= 0.6 is 11.3 Å². The third kappa shape index (κ3) is 4.14. The van der Waals surface area contributed by atoms with Gasteiger partial charge in [-0.05, 0) is 39.3 Å². The number of piperazine rings is 1. The van der Waals surface area contributed by atoms with Crippen molar-refractivity contribution < 1.29 is 0 Å². The maximum Gasteiger partial charge on any atom is 0.285 e. The molecule has 0 bridgehead atoms. The Morgan fingerprint density at radius 3 is 2.70 bits per heavy atom. The van der Waals surface area contributed by atoms with Crippen LogP contribution in [0, 0.1) is 29.6 Å². The Bertz CT molecular complexity index is 1640. The molecule has 0 spiro atoms. The number of anilines is 1. The fourth-order valence-electron chi connectivity index (χ4n) is 5.38. The van der Waals surface area contributed by atoms with Crippen molar-refractivity contribution >= 4 is 33.0 Å². The molecular formula is C26H29N9OS. The quantitative estimate of drug-likeness (QED) is 0.397. The van der Waals surface area contributed by atoms with Gasteiger partial charge in [-0.1, -0.05) is 18.3 Å². The number of aryl methyl sites for hydroxylation is 2. The third-order valence-corrected chi connectivity index (χ3v) is 8.22. The van der Waals surface area contributed by atoms with E-state index in [1.165, 1.54) is 4.68 Å². The molecule has 4 aromatic rings. The number of rotatable bonds is 5. The molecule has 0 N–H and O–H groups in total. The van der Waals surface area contributed by atoms with Crippen LogP contribution in [0.25, 0.3) is 16.0 Å². The zero-order chi connectivity index (χ0) is 26.4. The molecule has 5 heterocycles. The van der Waals surface area contributed by atoms with Gasteiger partial charge in [-0.2, -0.15) is 10.5 Å². The summed E-state index contributed by atoms with van der Waals surface area (Å²) in [6.45, 7) is 9.83. The van der Waals surface area contributed by atoms with E-state index in [1.807, 2.05) is 13.0 Å². The highest BCUT2D eigenvalue weighted by Crippen LogP contribution is 2.34. The summed E-state index contributed by atoms with van der Waals surface area (Å²) in [6, 6.07) is 8.66. The van der Waals surface area contributed by atoms with Crippen molar-refractivity contribution in [3.63, 3.8) is 0 Å². The molecule has 10 nitrogen and oxygen atoms in total. The number of imidazole rings is 1. The molecule has 190 valence electrons. The zero-order valence-corrected chi connectivity index (χ0v) is 22.5. The van der Waals surface area contributed by atoms with Crippen molar-refractivity contribution in [2.24, 2.45) is 7.05 Å². The van der Waals surface area contributed by atoms with E-state index >= 15 is 0 Å². The lowest BCUT2D eigenvalue weighted by Gasteiger charge is -2.48. The van der Waals surface area contributed by atoms with Crippen molar-refractivity contribution in [3.8, 4) is 12.1 Å². The van der Waals surface area contributed by atoms with Crippen LogP contribution < -0.4 is 10.5 Å². The van der Waals surface area contributed by atoms with E-state index in [9.17, 15) is 15.3 Å². The lowest BCUT2D eigenvalue weighted by atomic mass is 9.99. The first-order chi connectivity index (χ1) is 17.8. The molecule has 11 heteroatoms. The minimum Gasteiger partial charge on any atom is -0.362 e. The maximum absolute atomic E-state index is 13.1. The van der Waals surface area contributed by atoms with Gasteiger partial charge in [0.05, 0.1) is 35.1 Å². The highest BCUT2D eigenvalue weighted by Gasteiger charge is 2.37. The molecule has 0 aliphatic carbocycles. The van der Waals surface area contributed by atoms with Gasteiger partial charge in [-0.3, -0.25) is 9.69 Å². The Kier molecular flexibility index (Phi) is 6.44. The fraction of sp³-hybridized carbons (Fsp3) is 0.462. The van der Waals surface area contributed by atoms with Gasteiger partial charge in [-0.25, -0.2) is 24.1 Å². The highest BCUT2D eigenvalue weighted by atomic mass is 32.1. The first kappa shape index (κ1) is 24.9. The van der Waals surface area contributed by atoms with Gasteiger partial charge in [0, 0.05) is 38.3 Å². The number of hydrogen-bond acceptors (Lipinski definition) is 9. The Morgan fingerprint density at radius 1 is 1.22 bits per heavy atom. The van der Waals surface area contributed by atoms with Crippen LogP contribution in [0.3, 0.4) is 0 Å². The summed E-state index contributed by atoms with van der Waals surface area (Å²) >= 11 is 1.61. The Morgan fingerprint density at radius 2 is 2.00 bits per heavy atom. The second-order valence-electron chi connectivity index (χ2n) is 9.63. The fourth-order valence-corrected chi connectivity index (χ4v) is 6.17. The average Bonchev–Trinajstić information content (AvgIpc) is 3.48. The van der Waals surface area contributed by atoms with Gasteiger partial charge in [-0.15, -0.1) is 0 Å². The molecule has 5 rings (SSSR count). The number of nitriles is 2. The molecule has 1 unspecified atom stereocenters. The molecular weight excluding hydrogens is 486 g/mol. The summed E-state index contributed by atoms with van der Waals surface area (Å²) in [7, 11) is 1.62. The first-order valence-corrected chi connectivity index (χ1v) is 13.2. The summed E-state index contributed by atoms with van der Waals surface area (Å²) in [6.07, 6.45) is 2.73. The van der Waals surface area contributed by atoms with E-state index in [4.69, 9.17) is 4.98 Å². The molecule has 0 radical (unpaired) electrons. The van der Waals surface area contributed by atoms with Crippen molar-refractivity contribution in [1.82, 2.24) is 29.0 Å². The maximum atomic E-state index is 13.1. The smallest absolute Gasteiger partial charge is 0.285 e. The topological polar surface area (TPSA) is 119 Å². The highest BCUT2D eigenvalue weighted by molar-refractivity contribution is 7.18. The van der Waals surface area contributed by atoms with E-state index in [-0.39, 0.29) is 35.7 Å². The van der Waals surface area contributed by atoms with Crippen LogP contribution in [0.1, 0.15) is 55.2 Å². The monoisotopic (exact) mass is 515 g/mol. The minimum absolute atomic E-state index is 0.0127. The average molecular weight is 516 g/mol. The molecule has 1 aliphatic rings. The largest absolute Gasteiger partial charge is 0.362 e. The number of pyridine rings is 1. The van der Waals surface area contributed by atoms with Crippen LogP contribution in [0.2, 0.25) is 0 Å². The number of hydrogen-bond donors (Lipinski definition) is 0. The van der Waals surface area contributed by atoms with E-state index in [2.05, 4.69) is 58.7 Å². The van der Waals surface area contributed by atoms with Crippen molar-refractivity contribution in [3.05, 3.63) is 50.6 Å². The van der Waals surface area contributed by atoms with Crippen LogP contribution in [0.15, 0.2) is 23.1 Å². The van der Waals surface area contributed by atoms with Gasteiger partial charge >= 0.3 is 0 Å². The molecule has 4 aromatic heterocycles. The second-order valence-corrected chi connectivity index (χ2v) is 10.8. The summed E-state index contributed by atoms with van der Waals surface area (Å²) in [5.41, 5.74) is 3.29. The summed E-state index contributed by atoms with van der Waals surface area (Å²) in [4.78, 5) is 32.9. The molecule has 0 aromatic carbocycles. The van der Waals surface area contributed by atoms with Crippen molar-refractivity contribution in [2.45, 2.75) is 58.7 Å². The summed E-state index contributed by atoms with van der Waals surface area (Å²) in [5.74, 6) is 0. The van der Waals surface area contributed by atoms with Crippen LogP contribution in [-0.2, 0) is 13.5 Å². The Balaban J connectivity index is 1.54. The van der Waals surface area contributed by atoms with Crippen LogP contribution in [0.4, 0.5) is 5.69 Å². The van der Waals surface area contributed by atoms with Crippen LogP contribution in [0.5, 0.6) is 0 Å². The SMILES string of the molecule is CC[C@@H]1CN(c2c(C#N)c(=O)n(C)n3cc(CC#N)nc23)[C@@H](C)CN1C(C)c1ccc2nc(C)sc2n1. The number of aromatic nitrogens is 5. The van der Waals surface area contributed by atoms with E-state index in [1.54, 1.807) is 29.1 Å². The first-order valence-electron chi connectivity index (χ1n) is 12.4. The number of fused-ring (bicyclic) bond motifs is 2. The van der Waals surface area contributed by atoms with Gasteiger partial charge < -0.3 is 4.90 Å². The minimum atomic E-state index is -0.376. The molecule has 1 fully saturated rings. The van der Waals surface area contributed by atoms with Crippen molar-refractivity contribution in [2.75, 3.05) is 18.0 Å². The Hall–Kier alpha value is -3.80. The molecule has 1 aliphatic heterocycles. The van der Waals surface area contributed by atoms with Gasteiger partial charge in [0.25, 0.3) is 5.56 Å². The van der Waals surface area contributed by atoms with E-state index in [0.717, 1.165) is 34.0 Å². The van der Waals surface area contributed by atoms with Gasteiger partial charge in [0.1, 0.15) is 27.7 Å². The normalized spacial score (nSPS) is 19.3. The molecule has 3 atom stereocenters. The lowest BCUT2D eigenvalue weighted by Crippen LogP contribution is -2.58. The second kappa shape index (κ2) is 9.58. The summed E-state index contributed by atoms with van der Waals surface area (Å²) < 4.78 is 3.04.